The third-order valence-corrected chi connectivity index (χ3v) is 4.46. The Morgan fingerprint density at radius 1 is 1.55 bits per heavy atom. The number of aryl methyl sites for hydroxylation is 1. The van der Waals surface area contributed by atoms with Gasteiger partial charge in [0.2, 0.25) is 0 Å². The van der Waals surface area contributed by atoms with Crippen LogP contribution in [0.25, 0.3) is 0 Å². The summed E-state index contributed by atoms with van der Waals surface area (Å²) in [7, 11) is 2.20. The smallest absolute Gasteiger partial charge is 0.191 e. The van der Waals surface area contributed by atoms with Crippen molar-refractivity contribution in [3.05, 3.63) is 16.1 Å². The fourth-order valence-corrected chi connectivity index (χ4v) is 3.13. The Bertz CT molecular complexity index is 443. The molecule has 2 heterocycles. The van der Waals surface area contributed by atoms with Crippen molar-refractivity contribution in [3.63, 3.8) is 0 Å². The third kappa shape index (κ3) is 4.45. The van der Waals surface area contributed by atoms with Crippen molar-refractivity contribution < 1.29 is 0 Å². The van der Waals surface area contributed by atoms with E-state index in [1.165, 1.54) is 24.3 Å². The van der Waals surface area contributed by atoms with Crippen molar-refractivity contribution in [2.45, 2.75) is 39.3 Å². The first kappa shape index (κ1) is 15.3. The lowest BCUT2D eigenvalue weighted by Crippen LogP contribution is -2.44. The fraction of sp³-hybridized carbons (Fsp3) is 0.714. The molecule has 20 heavy (non-hydrogen) atoms. The summed E-state index contributed by atoms with van der Waals surface area (Å²) in [5.74, 6) is 0.889. The number of nitrogens with one attached hydrogen (secondary N) is 2. The molecule has 0 saturated carbocycles. The van der Waals surface area contributed by atoms with Crippen LogP contribution < -0.4 is 10.6 Å². The van der Waals surface area contributed by atoms with Gasteiger partial charge in [-0.3, -0.25) is 0 Å². The Kier molecular flexibility index (Phi) is 5.79. The first-order valence-electron chi connectivity index (χ1n) is 7.32. The van der Waals surface area contributed by atoms with Gasteiger partial charge in [-0.25, -0.2) is 9.98 Å². The van der Waals surface area contributed by atoms with E-state index in [0.29, 0.717) is 12.6 Å². The van der Waals surface area contributed by atoms with Crippen molar-refractivity contribution in [2.75, 3.05) is 26.7 Å². The van der Waals surface area contributed by atoms with Crippen molar-refractivity contribution in [1.29, 1.82) is 0 Å². The number of nitrogens with zero attached hydrogens (tertiary/aromatic N) is 3. The van der Waals surface area contributed by atoms with Gasteiger partial charge >= 0.3 is 0 Å². The van der Waals surface area contributed by atoms with E-state index in [0.717, 1.165) is 24.1 Å². The monoisotopic (exact) mass is 295 g/mol. The molecule has 6 heteroatoms. The van der Waals surface area contributed by atoms with Gasteiger partial charge in [-0.05, 0) is 40.3 Å². The lowest BCUT2D eigenvalue weighted by molar-refractivity contribution is 0.309. The van der Waals surface area contributed by atoms with Gasteiger partial charge in [-0.1, -0.05) is 0 Å². The molecule has 1 aliphatic heterocycles. The average Bonchev–Trinajstić information content (AvgIpc) is 3.02. The molecule has 0 aliphatic carbocycles. The minimum atomic E-state index is 0.626. The topological polar surface area (TPSA) is 52.6 Å². The average molecular weight is 295 g/mol. The highest BCUT2D eigenvalue weighted by atomic mass is 32.1. The summed E-state index contributed by atoms with van der Waals surface area (Å²) >= 11 is 1.71. The van der Waals surface area contributed by atoms with E-state index in [9.17, 15) is 0 Å². The van der Waals surface area contributed by atoms with Gasteiger partial charge in [0.05, 0.1) is 6.54 Å². The van der Waals surface area contributed by atoms with Crippen LogP contribution in [0.5, 0.6) is 0 Å². The lowest BCUT2D eigenvalue weighted by atomic mass is 10.2. The first-order valence-corrected chi connectivity index (χ1v) is 8.14. The molecule has 1 aromatic heterocycles. The number of aliphatic imine (C=N–C) groups is 1. The van der Waals surface area contributed by atoms with Crippen LogP contribution in [-0.2, 0) is 6.54 Å². The maximum Gasteiger partial charge on any atom is 0.191 e. The van der Waals surface area contributed by atoms with E-state index in [4.69, 9.17) is 0 Å². The summed E-state index contributed by atoms with van der Waals surface area (Å²) in [5.41, 5.74) is 0. The highest BCUT2D eigenvalue weighted by Gasteiger charge is 2.20. The maximum atomic E-state index is 4.61. The molecule has 5 nitrogen and oxygen atoms in total. The van der Waals surface area contributed by atoms with Gasteiger partial charge < -0.3 is 15.5 Å². The molecule has 1 unspecified atom stereocenters. The van der Waals surface area contributed by atoms with E-state index in [-0.39, 0.29) is 0 Å². The lowest BCUT2D eigenvalue weighted by Gasteiger charge is -2.21. The molecule has 0 spiro atoms. The minimum absolute atomic E-state index is 0.626. The largest absolute Gasteiger partial charge is 0.357 e. The Hall–Kier alpha value is -1.14. The van der Waals surface area contributed by atoms with Crippen molar-refractivity contribution >= 4 is 17.3 Å². The Labute approximate surface area is 125 Å². The number of hydrogen-bond donors (Lipinski definition) is 2. The number of guanidine groups is 1. The quantitative estimate of drug-likeness (QED) is 0.640. The van der Waals surface area contributed by atoms with Crippen LogP contribution in [0.4, 0.5) is 0 Å². The second-order valence-corrected chi connectivity index (χ2v) is 6.54. The molecule has 1 aromatic rings. The Balaban J connectivity index is 1.85. The van der Waals surface area contributed by atoms with Crippen molar-refractivity contribution in [2.24, 2.45) is 4.99 Å². The predicted molar refractivity (Wildman–Crippen MR) is 85.3 cm³/mol. The van der Waals surface area contributed by atoms with E-state index < -0.39 is 0 Å². The van der Waals surface area contributed by atoms with Crippen LogP contribution >= 0.6 is 11.3 Å². The van der Waals surface area contributed by atoms with Crippen molar-refractivity contribution in [3.8, 4) is 0 Å². The zero-order valence-electron chi connectivity index (χ0n) is 12.6. The SMILES string of the molecule is CCNC(=NCc1ncc(C)s1)NCC1CCCN1C. The van der Waals surface area contributed by atoms with Gasteiger partial charge in [0.15, 0.2) is 5.96 Å². The van der Waals surface area contributed by atoms with Gasteiger partial charge in [0, 0.05) is 30.2 Å². The van der Waals surface area contributed by atoms with E-state index >= 15 is 0 Å². The molecular formula is C14H25N5S. The van der Waals surface area contributed by atoms with Crippen LogP contribution in [0.3, 0.4) is 0 Å². The number of aromatic nitrogens is 1. The Morgan fingerprint density at radius 2 is 2.40 bits per heavy atom. The molecule has 2 N–H and O–H groups in total. The molecule has 0 bridgehead atoms. The zero-order chi connectivity index (χ0) is 14.4. The van der Waals surface area contributed by atoms with E-state index in [1.807, 2.05) is 6.20 Å². The summed E-state index contributed by atoms with van der Waals surface area (Å²) in [4.78, 5) is 12.6. The molecule has 1 aliphatic rings. The normalized spacial score (nSPS) is 20.4. The van der Waals surface area contributed by atoms with Crippen LogP contribution in [0.15, 0.2) is 11.2 Å². The van der Waals surface area contributed by atoms with Gasteiger partial charge in [0.25, 0.3) is 0 Å². The molecule has 0 amide bonds. The molecule has 0 aromatic carbocycles. The highest BCUT2D eigenvalue weighted by molar-refractivity contribution is 7.11. The summed E-state index contributed by atoms with van der Waals surface area (Å²) in [6.45, 7) is 7.85. The first-order chi connectivity index (χ1) is 9.69. The summed E-state index contributed by atoms with van der Waals surface area (Å²) < 4.78 is 0. The second-order valence-electron chi connectivity index (χ2n) is 5.22. The van der Waals surface area contributed by atoms with Gasteiger partial charge in [0.1, 0.15) is 5.01 Å². The van der Waals surface area contributed by atoms with E-state index in [1.54, 1.807) is 11.3 Å². The molecule has 1 atom stereocenters. The van der Waals surface area contributed by atoms with Crippen LogP contribution in [-0.4, -0.2) is 48.6 Å². The summed E-state index contributed by atoms with van der Waals surface area (Å²) in [5, 5.41) is 7.81. The number of likely N-dealkylation sites (tertiary alicyclic amines) is 1. The molecule has 2 rings (SSSR count). The van der Waals surface area contributed by atoms with Gasteiger partial charge in [-0.15, -0.1) is 11.3 Å². The number of thiazole rings is 1. The fourth-order valence-electron chi connectivity index (χ4n) is 2.41. The third-order valence-electron chi connectivity index (χ3n) is 3.56. The predicted octanol–water partition coefficient (Wildman–Crippen LogP) is 1.60. The summed E-state index contributed by atoms with van der Waals surface area (Å²) in [6.07, 6.45) is 4.48. The molecule has 0 radical (unpaired) electrons. The standard InChI is InChI=1S/C14H25N5S/c1-4-15-14(17-9-12-6-5-7-19(12)3)18-10-13-16-8-11(2)20-13/h8,12H,4-7,9-10H2,1-3H3,(H2,15,17,18). The Morgan fingerprint density at radius 3 is 3.00 bits per heavy atom. The van der Waals surface area contributed by atoms with Crippen LogP contribution in [0, 0.1) is 6.92 Å². The van der Waals surface area contributed by atoms with Crippen LogP contribution in [0.2, 0.25) is 0 Å². The van der Waals surface area contributed by atoms with E-state index in [2.05, 4.69) is 46.4 Å². The molecule has 1 fully saturated rings. The van der Waals surface area contributed by atoms with Gasteiger partial charge in [-0.2, -0.15) is 0 Å². The summed E-state index contributed by atoms with van der Waals surface area (Å²) in [6, 6.07) is 0.626. The number of rotatable bonds is 5. The molecular weight excluding hydrogens is 270 g/mol. The van der Waals surface area contributed by atoms with Crippen LogP contribution in [0.1, 0.15) is 29.7 Å². The second kappa shape index (κ2) is 7.59. The molecule has 1 saturated heterocycles. The molecule has 112 valence electrons. The number of likely N-dealkylation sites (N-methyl/N-ethyl adjacent to an activating group) is 1. The van der Waals surface area contributed by atoms with Crippen molar-refractivity contribution in [1.82, 2.24) is 20.5 Å². The highest BCUT2D eigenvalue weighted by Crippen LogP contribution is 2.14. The minimum Gasteiger partial charge on any atom is -0.357 e. The number of hydrogen-bond acceptors (Lipinski definition) is 4. The maximum absolute atomic E-state index is 4.61. The zero-order valence-corrected chi connectivity index (χ0v) is 13.5.